The fraction of sp³-hybridized carbons (Fsp3) is 0.324. The van der Waals surface area contributed by atoms with Crippen LogP contribution >= 0.6 is 0 Å². The zero-order chi connectivity index (χ0) is 31.5. The molecule has 10 nitrogen and oxygen atoms in total. The van der Waals surface area contributed by atoms with Gasteiger partial charge in [0.1, 0.15) is 12.7 Å². The quantitative estimate of drug-likeness (QED) is 0.197. The van der Waals surface area contributed by atoms with Gasteiger partial charge in [0, 0.05) is 47.0 Å². The van der Waals surface area contributed by atoms with Crippen LogP contribution < -0.4 is 0 Å². The van der Waals surface area contributed by atoms with Crippen LogP contribution in [-0.2, 0) is 23.1 Å². The third-order valence-electron chi connectivity index (χ3n) is 7.53. The molecule has 0 saturated heterocycles. The van der Waals surface area contributed by atoms with Gasteiger partial charge >= 0.3 is 5.97 Å². The van der Waals surface area contributed by atoms with Gasteiger partial charge in [-0.2, -0.15) is 15.3 Å². The van der Waals surface area contributed by atoms with Gasteiger partial charge in [0.15, 0.2) is 5.65 Å². The second-order valence-corrected chi connectivity index (χ2v) is 10.9. The molecule has 4 aromatic heterocycles. The molecule has 6 rings (SSSR count). The number of carboxylic acid groups (broad SMARTS) is 1. The molecule has 0 saturated carbocycles. The topological polar surface area (TPSA) is 113 Å². The molecular weight excluding hydrogens is 554 g/mol. The van der Waals surface area contributed by atoms with E-state index in [4.69, 9.17) is 19.9 Å². The number of benzene rings is 2. The Morgan fingerprint density at radius 2 is 1.73 bits per heavy atom. The third-order valence-corrected chi connectivity index (χ3v) is 7.53. The fourth-order valence-electron chi connectivity index (χ4n) is 5.66. The minimum absolute atomic E-state index is 0.223. The number of aryl methyl sites for hydroxylation is 2. The van der Waals surface area contributed by atoms with Crippen LogP contribution in [0.5, 0.6) is 0 Å². The van der Waals surface area contributed by atoms with E-state index >= 15 is 0 Å². The molecule has 228 valence electrons. The average molecular weight is 594 g/mol. The maximum Gasteiger partial charge on any atom is 0.329 e. The van der Waals surface area contributed by atoms with Crippen molar-refractivity contribution in [3.63, 3.8) is 0 Å². The molecule has 0 fully saturated rings. The summed E-state index contributed by atoms with van der Waals surface area (Å²) in [5, 5.41) is 25.6. The highest BCUT2D eigenvalue weighted by Gasteiger charge is 2.24. The van der Waals surface area contributed by atoms with Gasteiger partial charge in [0.2, 0.25) is 0 Å². The number of carboxylic acids is 1. The van der Waals surface area contributed by atoms with Crippen LogP contribution in [0.25, 0.3) is 38.9 Å². The molecule has 1 atom stereocenters. The molecule has 0 aliphatic rings. The summed E-state index contributed by atoms with van der Waals surface area (Å²) in [7, 11) is 1.89. The van der Waals surface area contributed by atoms with Crippen LogP contribution in [0.15, 0.2) is 67.0 Å². The Balaban J connectivity index is 0.00000188. The summed E-state index contributed by atoms with van der Waals surface area (Å²) in [6, 6.07) is 17.8. The van der Waals surface area contributed by atoms with Crippen LogP contribution in [-0.4, -0.2) is 52.0 Å². The van der Waals surface area contributed by atoms with E-state index in [1.54, 1.807) is 4.68 Å². The van der Waals surface area contributed by atoms with E-state index in [-0.39, 0.29) is 12.5 Å². The predicted octanol–water partition coefficient (Wildman–Crippen LogP) is 6.78. The molecule has 10 heteroatoms. The minimum atomic E-state index is -1.01. The summed E-state index contributed by atoms with van der Waals surface area (Å²) >= 11 is 0. The Morgan fingerprint density at radius 3 is 2.43 bits per heavy atom. The summed E-state index contributed by atoms with van der Waals surface area (Å²) in [4.78, 5) is 16.0. The molecule has 0 spiro atoms. The predicted molar refractivity (Wildman–Crippen MR) is 172 cm³/mol. The van der Waals surface area contributed by atoms with Crippen LogP contribution in [0, 0.1) is 13.8 Å². The van der Waals surface area contributed by atoms with Crippen LogP contribution in [0.1, 0.15) is 62.2 Å². The van der Waals surface area contributed by atoms with Gasteiger partial charge < -0.3 is 9.84 Å². The van der Waals surface area contributed by atoms with Crippen molar-refractivity contribution in [3.8, 4) is 16.9 Å². The monoisotopic (exact) mass is 593 g/mol. The Labute approximate surface area is 256 Å². The van der Waals surface area contributed by atoms with Crippen LogP contribution in [0.4, 0.5) is 0 Å². The standard InChI is InChI=1S/C32H33N7O3.C2H6/c1-19(2)30-21(4)39(27-14-23-15-37(5)36-32(23)33-20(27)3)35-31(30)24-12-9-13-26-25(24)16-38(34-26)17-28(42-18-29(40)41)22-10-7-6-8-11-22;1-2/h6-16,19,28H,17-18H2,1-5H3,(H,40,41);1-2H3/t28-;/m0./s1. The number of aliphatic carboxylic acids is 1. The third kappa shape index (κ3) is 5.98. The first kappa shape index (κ1) is 30.6. The Bertz CT molecular complexity index is 1920. The van der Waals surface area contributed by atoms with Crippen molar-refractivity contribution in [1.82, 2.24) is 34.3 Å². The van der Waals surface area contributed by atoms with Crippen LogP contribution in [0.3, 0.4) is 0 Å². The number of hydrogen-bond donors (Lipinski definition) is 1. The second-order valence-electron chi connectivity index (χ2n) is 10.9. The summed E-state index contributed by atoms with van der Waals surface area (Å²) < 4.78 is 11.4. The van der Waals surface area contributed by atoms with Gasteiger partial charge in [0.25, 0.3) is 0 Å². The lowest BCUT2D eigenvalue weighted by molar-refractivity contribution is -0.144. The minimum Gasteiger partial charge on any atom is -0.480 e. The van der Waals surface area contributed by atoms with Gasteiger partial charge in [-0.15, -0.1) is 0 Å². The van der Waals surface area contributed by atoms with Gasteiger partial charge in [-0.25, -0.2) is 14.5 Å². The van der Waals surface area contributed by atoms with E-state index < -0.39 is 12.1 Å². The molecule has 0 bridgehead atoms. The number of rotatable bonds is 9. The van der Waals surface area contributed by atoms with Gasteiger partial charge in [-0.1, -0.05) is 70.2 Å². The van der Waals surface area contributed by atoms with Gasteiger partial charge in [-0.05, 0) is 37.5 Å². The molecule has 4 heterocycles. The summed E-state index contributed by atoms with van der Waals surface area (Å²) in [5.74, 6) is -0.787. The Kier molecular flexibility index (Phi) is 8.91. The summed E-state index contributed by atoms with van der Waals surface area (Å²) in [6.45, 7) is 12.4. The fourth-order valence-corrected chi connectivity index (χ4v) is 5.66. The molecule has 1 N–H and O–H groups in total. The van der Waals surface area contributed by atoms with E-state index in [2.05, 4.69) is 38.0 Å². The smallest absolute Gasteiger partial charge is 0.329 e. The van der Waals surface area contributed by atoms with Crippen molar-refractivity contribution in [2.24, 2.45) is 7.05 Å². The van der Waals surface area contributed by atoms with Gasteiger partial charge in [0.05, 0.1) is 29.1 Å². The Hall–Kier alpha value is -4.83. The zero-order valence-corrected chi connectivity index (χ0v) is 26.3. The first-order valence-corrected chi connectivity index (χ1v) is 15.0. The molecule has 6 aromatic rings. The van der Waals surface area contributed by atoms with Gasteiger partial charge in [-0.3, -0.25) is 9.36 Å². The maximum absolute atomic E-state index is 11.3. The van der Waals surface area contributed by atoms with E-state index in [1.807, 2.05) is 92.0 Å². The zero-order valence-electron chi connectivity index (χ0n) is 26.3. The molecule has 0 aliphatic heterocycles. The largest absolute Gasteiger partial charge is 0.480 e. The highest BCUT2D eigenvalue weighted by Crippen LogP contribution is 2.37. The first-order chi connectivity index (χ1) is 21.2. The highest BCUT2D eigenvalue weighted by molar-refractivity contribution is 5.94. The summed E-state index contributed by atoms with van der Waals surface area (Å²) in [5.41, 5.74) is 8.32. The molecule has 0 aliphatic carbocycles. The maximum atomic E-state index is 11.3. The molecule has 44 heavy (non-hydrogen) atoms. The number of ether oxygens (including phenoxy) is 1. The van der Waals surface area contributed by atoms with Crippen molar-refractivity contribution < 1.29 is 14.6 Å². The van der Waals surface area contributed by atoms with Crippen molar-refractivity contribution in [2.75, 3.05) is 6.61 Å². The summed E-state index contributed by atoms with van der Waals surface area (Å²) in [6.07, 6.45) is 3.50. The molecule has 0 radical (unpaired) electrons. The second kappa shape index (κ2) is 12.8. The van der Waals surface area contributed by atoms with E-state index in [0.29, 0.717) is 12.2 Å². The lowest BCUT2D eigenvalue weighted by atomic mass is 9.95. The normalized spacial score (nSPS) is 12.1. The van der Waals surface area contributed by atoms with Crippen molar-refractivity contribution >= 4 is 27.9 Å². The lowest BCUT2D eigenvalue weighted by Crippen LogP contribution is -2.17. The van der Waals surface area contributed by atoms with Crippen LogP contribution in [0.2, 0.25) is 0 Å². The lowest BCUT2D eigenvalue weighted by Gasteiger charge is -2.17. The molecule has 0 unspecified atom stereocenters. The van der Waals surface area contributed by atoms with Crippen molar-refractivity contribution in [1.29, 1.82) is 0 Å². The number of nitrogens with zero attached hydrogens (tertiary/aromatic N) is 7. The molecule has 0 amide bonds. The highest BCUT2D eigenvalue weighted by atomic mass is 16.5. The number of fused-ring (bicyclic) bond motifs is 2. The molecular formula is C34H39N7O3. The number of carbonyl (C=O) groups is 1. The Morgan fingerprint density at radius 1 is 0.977 bits per heavy atom. The first-order valence-electron chi connectivity index (χ1n) is 15.0. The van der Waals surface area contributed by atoms with Crippen molar-refractivity contribution in [2.45, 2.75) is 60.1 Å². The van der Waals surface area contributed by atoms with E-state index in [9.17, 15) is 9.90 Å². The van der Waals surface area contributed by atoms with E-state index in [1.165, 1.54) is 0 Å². The SMILES string of the molecule is CC.Cc1nc2nn(C)cc2cc1-n1nc(-c2cccc3nn(C[C@H](OCC(=O)O)c4ccccc4)cc23)c(C(C)C)c1C. The average Bonchev–Trinajstić information content (AvgIpc) is 3.69. The number of hydrogen-bond acceptors (Lipinski definition) is 6. The van der Waals surface area contributed by atoms with E-state index in [0.717, 1.165) is 55.7 Å². The molecule has 2 aromatic carbocycles. The van der Waals surface area contributed by atoms with Crippen molar-refractivity contribution in [3.05, 3.63) is 89.5 Å². The number of pyridine rings is 1. The number of aromatic nitrogens is 7.